The maximum absolute atomic E-state index is 5.32. The van der Waals surface area contributed by atoms with Crippen molar-refractivity contribution < 1.29 is 0 Å². The van der Waals surface area contributed by atoms with Crippen molar-refractivity contribution in [2.45, 2.75) is 0 Å². The van der Waals surface area contributed by atoms with E-state index in [1.165, 1.54) is 42.1 Å². The molecule has 3 nitrogen and oxygen atoms in total. The molecule has 0 atom stereocenters. The molecule has 3 heterocycles. The van der Waals surface area contributed by atoms with Crippen LogP contribution in [0.25, 0.3) is 120 Å². The van der Waals surface area contributed by atoms with Crippen LogP contribution in [0.2, 0.25) is 0 Å². The van der Waals surface area contributed by atoms with Gasteiger partial charge < -0.3 is 0 Å². The van der Waals surface area contributed by atoms with E-state index in [-0.39, 0.29) is 0 Å². The smallest absolute Gasteiger partial charge is 0.160 e. The Morgan fingerprint density at radius 3 is 1.41 bits per heavy atom. The summed E-state index contributed by atoms with van der Waals surface area (Å²) >= 11 is 1.87. The molecular formula is C59H37N3S. The highest BCUT2D eigenvalue weighted by Gasteiger charge is 2.17. The number of pyridine rings is 1. The molecule has 0 bridgehead atoms. The first-order valence-corrected chi connectivity index (χ1v) is 22.1. The Morgan fingerprint density at radius 1 is 0.286 bits per heavy atom. The highest BCUT2D eigenvalue weighted by Crippen LogP contribution is 2.44. The van der Waals surface area contributed by atoms with E-state index in [9.17, 15) is 0 Å². The predicted molar refractivity (Wildman–Crippen MR) is 266 cm³/mol. The van der Waals surface area contributed by atoms with Gasteiger partial charge in [0.05, 0.1) is 22.6 Å². The van der Waals surface area contributed by atoms with Crippen LogP contribution < -0.4 is 0 Å². The first-order valence-electron chi connectivity index (χ1n) is 21.2. The zero-order chi connectivity index (χ0) is 41.7. The van der Waals surface area contributed by atoms with E-state index in [4.69, 9.17) is 15.0 Å². The number of para-hydroxylation sites is 1. The molecule has 4 heteroatoms. The van der Waals surface area contributed by atoms with Crippen LogP contribution in [-0.2, 0) is 0 Å². The average Bonchev–Trinajstić information content (AvgIpc) is 3.76. The lowest BCUT2D eigenvalue weighted by Crippen LogP contribution is -1.96. The van der Waals surface area contributed by atoms with Crippen molar-refractivity contribution >= 4 is 53.2 Å². The number of fused-ring (bicyclic) bond motifs is 7. The average molecular weight is 820 g/mol. The number of benzene rings is 9. The van der Waals surface area contributed by atoms with Crippen LogP contribution in [-0.4, -0.2) is 15.0 Å². The van der Waals surface area contributed by atoms with Crippen LogP contribution in [0.15, 0.2) is 224 Å². The third-order valence-electron chi connectivity index (χ3n) is 12.1. The Bertz CT molecular complexity index is 3570. The first kappa shape index (κ1) is 36.8. The van der Waals surface area contributed by atoms with Crippen molar-refractivity contribution in [1.29, 1.82) is 0 Å². The summed E-state index contributed by atoms with van der Waals surface area (Å²) in [6.07, 6.45) is 0. The van der Waals surface area contributed by atoms with Crippen LogP contribution in [0.3, 0.4) is 0 Å². The molecule has 0 aliphatic rings. The molecule has 63 heavy (non-hydrogen) atoms. The Morgan fingerprint density at radius 2 is 0.762 bits per heavy atom. The number of thiophene rings is 1. The van der Waals surface area contributed by atoms with Gasteiger partial charge in [-0.05, 0) is 69.8 Å². The van der Waals surface area contributed by atoms with Crippen molar-refractivity contribution in [2.24, 2.45) is 0 Å². The van der Waals surface area contributed by atoms with Gasteiger partial charge in [0.1, 0.15) is 0 Å². The minimum absolute atomic E-state index is 0.678. The molecule has 12 aromatic rings. The largest absolute Gasteiger partial charge is 0.247 e. The monoisotopic (exact) mass is 819 g/mol. The zero-order valence-electron chi connectivity index (χ0n) is 34.1. The maximum atomic E-state index is 5.32. The van der Waals surface area contributed by atoms with Crippen molar-refractivity contribution in [3.05, 3.63) is 224 Å². The van der Waals surface area contributed by atoms with Crippen LogP contribution >= 0.6 is 11.3 Å². The summed E-state index contributed by atoms with van der Waals surface area (Å²) in [5, 5.41) is 6.21. The summed E-state index contributed by atoms with van der Waals surface area (Å²) in [7, 11) is 0. The molecule has 0 saturated carbocycles. The van der Waals surface area contributed by atoms with Crippen molar-refractivity contribution in [1.82, 2.24) is 15.0 Å². The molecule has 9 aromatic carbocycles. The van der Waals surface area contributed by atoms with E-state index >= 15 is 0 Å². The third-order valence-corrected chi connectivity index (χ3v) is 13.3. The summed E-state index contributed by atoms with van der Waals surface area (Å²) in [5.41, 5.74) is 14.7. The fraction of sp³-hybridized carbons (Fsp3) is 0. The minimum Gasteiger partial charge on any atom is -0.247 e. The van der Waals surface area contributed by atoms with E-state index in [0.29, 0.717) is 5.82 Å². The maximum Gasteiger partial charge on any atom is 0.160 e. The SMILES string of the molecule is c1ccc(-c2cccc(-c3cc(-c4cccc(-c5ccccc5)c4)nc(-c4ccc(-c5cccc(-c6nc7ccccc7c7c6ccc6c8ccccc8sc67)c5)cc4)n3)c2)cc1. The highest BCUT2D eigenvalue weighted by atomic mass is 32.1. The second-order valence-electron chi connectivity index (χ2n) is 16.0. The lowest BCUT2D eigenvalue weighted by atomic mass is 9.95. The zero-order valence-corrected chi connectivity index (χ0v) is 34.9. The molecule has 0 radical (unpaired) electrons. The number of nitrogens with zero attached hydrogens (tertiary/aromatic N) is 3. The van der Waals surface area contributed by atoms with Gasteiger partial charge in [0.15, 0.2) is 5.82 Å². The molecule has 0 unspecified atom stereocenters. The third kappa shape index (κ3) is 6.74. The Kier molecular flexibility index (Phi) is 9.02. The van der Waals surface area contributed by atoms with Gasteiger partial charge in [0, 0.05) is 58.6 Å². The van der Waals surface area contributed by atoms with Crippen LogP contribution in [0.4, 0.5) is 0 Å². The van der Waals surface area contributed by atoms with E-state index in [1.54, 1.807) is 0 Å². The quantitative estimate of drug-likeness (QED) is 0.150. The standard InChI is InChI=1S/C59H37N3S/c1-3-14-38(15-4-1)42-18-11-21-45(34-42)53-37-54(46-22-12-19-43(35-46)39-16-5-2-6-17-39)62-59(61-53)41-30-28-40(29-31-41)44-20-13-23-47(36-44)57-51-33-32-49-48-24-8-10-27-55(48)63-58(49)56(51)50-25-7-9-26-52(50)60-57/h1-37H. The number of aromatic nitrogens is 3. The number of rotatable bonds is 7. The lowest BCUT2D eigenvalue weighted by molar-refractivity contribution is 1.18. The minimum atomic E-state index is 0.678. The van der Waals surface area contributed by atoms with Crippen molar-refractivity contribution in [2.75, 3.05) is 0 Å². The number of hydrogen-bond donors (Lipinski definition) is 0. The molecule has 0 spiro atoms. The lowest BCUT2D eigenvalue weighted by Gasteiger charge is -2.13. The van der Waals surface area contributed by atoms with Gasteiger partial charge in [-0.2, -0.15) is 0 Å². The molecule has 12 rings (SSSR count). The second-order valence-corrected chi connectivity index (χ2v) is 17.0. The van der Waals surface area contributed by atoms with E-state index < -0.39 is 0 Å². The molecule has 294 valence electrons. The summed E-state index contributed by atoms with van der Waals surface area (Å²) < 4.78 is 2.61. The van der Waals surface area contributed by atoms with Crippen molar-refractivity contribution in [3.8, 4) is 78.5 Å². The van der Waals surface area contributed by atoms with Crippen molar-refractivity contribution in [3.63, 3.8) is 0 Å². The summed E-state index contributed by atoms with van der Waals surface area (Å²) in [6.45, 7) is 0. The highest BCUT2D eigenvalue weighted by molar-refractivity contribution is 7.26. The molecule has 3 aromatic heterocycles. The van der Waals surface area contributed by atoms with Gasteiger partial charge in [-0.25, -0.2) is 15.0 Å². The van der Waals surface area contributed by atoms with Gasteiger partial charge in [-0.15, -0.1) is 11.3 Å². The normalized spacial score (nSPS) is 11.5. The van der Waals surface area contributed by atoms with Gasteiger partial charge in [0.25, 0.3) is 0 Å². The molecular weight excluding hydrogens is 783 g/mol. The van der Waals surface area contributed by atoms with Gasteiger partial charge >= 0.3 is 0 Å². The van der Waals surface area contributed by atoms with Crippen LogP contribution in [0.5, 0.6) is 0 Å². The molecule has 0 N–H and O–H groups in total. The Balaban J connectivity index is 0.946. The fourth-order valence-corrected chi connectivity index (χ4v) is 10.2. The Hall–Kier alpha value is -8.05. The van der Waals surface area contributed by atoms with E-state index in [2.05, 4.69) is 224 Å². The van der Waals surface area contributed by atoms with Crippen LogP contribution in [0.1, 0.15) is 0 Å². The van der Waals surface area contributed by atoms with Gasteiger partial charge in [-0.1, -0.05) is 188 Å². The first-order chi connectivity index (χ1) is 31.2. The second kappa shape index (κ2) is 15.4. The topological polar surface area (TPSA) is 38.7 Å². The fourth-order valence-electron chi connectivity index (χ4n) is 8.94. The van der Waals surface area contributed by atoms with Gasteiger partial charge in [0.2, 0.25) is 0 Å². The summed E-state index contributed by atoms with van der Waals surface area (Å²) in [6, 6.07) is 79.6. The van der Waals surface area contributed by atoms with Crippen LogP contribution in [0, 0.1) is 0 Å². The van der Waals surface area contributed by atoms with E-state index in [1.807, 2.05) is 11.3 Å². The van der Waals surface area contributed by atoms with Gasteiger partial charge in [-0.3, -0.25) is 0 Å². The number of hydrogen-bond acceptors (Lipinski definition) is 4. The predicted octanol–water partition coefficient (Wildman–Crippen LogP) is 16.2. The molecule has 0 amide bonds. The molecule has 0 aliphatic carbocycles. The summed E-state index contributed by atoms with van der Waals surface area (Å²) in [4.78, 5) is 15.8. The van der Waals surface area contributed by atoms with E-state index in [0.717, 1.165) is 72.5 Å². The molecule has 0 fully saturated rings. The molecule has 0 aliphatic heterocycles. The summed E-state index contributed by atoms with van der Waals surface area (Å²) in [5.74, 6) is 0.678. The Labute approximate surface area is 369 Å². The molecule has 0 saturated heterocycles.